The third kappa shape index (κ3) is 2.14. The van der Waals surface area contributed by atoms with Gasteiger partial charge in [-0.05, 0) is 58.6 Å². The minimum absolute atomic E-state index is 0.0586. The Morgan fingerprint density at radius 3 is 2.80 bits per heavy atom. The first-order chi connectivity index (χ1) is 9.58. The Morgan fingerprint density at radius 1 is 1.25 bits per heavy atom. The molecule has 4 heteroatoms. The van der Waals surface area contributed by atoms with E-state index in [9.17, 15) is 9.18 Å². The van der Waals surface area contributed by atoms with Crippen LogP contribution in [-0.2, 0) is 6.42 Å². The highest BCUT2D eigenvalue weighted by atomic mass is 79.9. The van der Waals surface area contributed by atoms with Crippen molar-refractivity contribution in [3.8, 4) is 0 Å². The van der Waals surface area contributed by atoms with Crippen molar-refractivity contribution in [1.29, 1.82) is 0 Å². The molecule has 0 atom stereocenters. The van der Waals surface area contributed by atoms with Crippen LogP contribution >= 0.6 is 15.9 Å². The number of carbonyl (C=O) groups is 1. The summed E-state index contributed by atoms with van der Waals surface area (Å²) in [6, 6.07) is 10.7. The molecule has 2 nitrogen and oxygen atoms in total. The van der Waals surface area contributed by atoms with E-state index in [2.05, 4.69) is 15.9 Å². The average molecular weight is 334 g/mol. The number of hydrogen-bond donors (Lipinski definition) is 0. The van der Waals surface area contributed by atoms with Crippen LogP contribution in [0.25, 0.3) is 0 Å². The van der Waals surface area contributed by atoms with Crippen LogP contribution in [0.2, 0.25) is 0 Å². The Morgan fingerprint density at radius 2 is 2.00 bits per heavy atom. The van der Waals surface area contributed by atoms with Gasteiger partial charge in [0, 0.05) is 17.8 Å². The Labute approximate surface area is 125 Å². The topological polar surface area (TPSA) is 20.3 Å². The number of amides is 1. The third-order valence-corrected chi connectivity index (χ3v) is 4.24. The molecule has 1 aliphatic rings. The summed E-state index contributed by atoms with van der Waals surface area (Å²) in [5.74, 6) is -0.408. The van der Waals surface area contributed by atoms with Gasteiger partial charge in [-0.3, -0.25) is 4.79 Å². The maximum Gasteiger partial charge on any atom is 0.258 e. The molecule has 1 heterocycles. The van der Waals surface area contributed by atoms with E-state index in [0.29, 0.717) is 22.3 Å². The maximum absolute atomic E-state index is 13.8. The lowest BCUT2D eigenvalue weighted by atomic mass is 9.98. The second-order valence-electron chi connectivity index (χ2n) is 4.92. The molecule has 0 fully saturated rings. The van der Waals surface area contributed by atoms with E-state index < -0.39 is 0 Å². The third-order valence-electron chi connectivity index (χ3n) is 3.63. The summed E-state index contributed by atoms with van der Waals surface area (Å²) < 4.78 is 14.2. The zero-order valence-corrected chi connectivity index (χ0v) is 12.6. The van der Waals surface area contributed by atoms with Crippen LogP contribution in [0.1, 0.15) is 21.5 Å². The van der Waals surface area contributed by atoms with Crippen molar-refractivity contribution in [3.05, 3.63) is 63.4 Å². The summed E-state index contributed by atoms with van der Waals surface area (Å²) in [4.78, 5) is 14.2. The molecule has 1 aliphatic heterocycles. The molecule has 0 bridgehead atoms. The number of carbonyl (C=O) groups excluding carboxylic acids is 1. The molecule has 2 aromatic rings. The Balaban J connectivity index is 2.05. The van der Waals surface area contributed by atoms with E-state index in [1.165, 1.54) is 6.07 Å². The normalized spacial score (nSPS) is 14.3. The monoisotopic (exact) mass is 333 g/mol. The maximum atomic E-state index is 13.8. The predicted octanol–water partition coefficient (Wildman–Crippen LogP) is 4.10. The second-order valence-corrected chi connectivity index (χ2v) is 5.77. The summed E-state index contributed by atoms with van der Waals surface area (Å²) in [7, 11) is 0. The lowest BCUT2D eigenvalue weighted by molar-refractivity contribution is 0.0980. The van der Waals surface area contributed by atoms with Crippen molar-refractivity contribution in [3.63, 3.8) is 0 Å². The van der Waals surface area contributed by atoms with Crippen LogP contribution in [0.5, 0.6) is 0 Å². The van der Waals surface area contributed by atoms with Gasteiger partial charge in [-0.15, -0.1) is 0 Å². The van der Waals surface area contributed by atoms with Gasteiger partial charge in [0.25, 0.3) is 5.91 Å². The van der Waals surface area contributed by atoms with Crippen LogP contribution < -0.4 is 4.90 Å². The predicted molar refractivity (Wildman–Crippen MR) is 80.7 cm³/mol. The minimum Gasteiger partial charge on any atom is -0.308 e. The average Bonchev–Trinajstić information content (AvgIpc) is 2.44. The molecular weight excluding hydrogens is 321 g/mol. The molecule has 0 spiro atoms. The summed E-state index contributed by atoms with van der Waals surface area (Å²) in [6.45, 7) is 2.46. The fourth-order valence-electron chi connectivity index (χ4n) is 2.58. The van der Waals surface area contributed by atoms with Gasteiger partial charge in [-0.25, -0.2) is 4.39 Å². The Kier molecular flexibility index (Phi) is 3.34. The van der Waals surface area contributed by atoms with Crippen molar-refractivity contribution in [1.82, 2.24) is 0 Å². The summed E-state index contributed by atoms with van der Waals surface area (Å²) >= 11 is 3.17. The van der Waals surface area contributed by atoms with E-state index in [-0.39, 0.29) is 11.7 Å². The first-order valence-electron chi connectivity index (χ1n) is 6.43. The van der Waals surface area contributed by atoms with Crippen LogP contribution in [0, 0.1) is 12.7 Å². The molecule has 0 N–H and O–H groups in total. The van der Waals surface area contributed by atoms with Gasteiger partial charge < -0.3 is 4.90 Å². The van der Waals surface area contributed by atoms with Crippen molar-refractivity contribution in [2.45, 2.75) is 13.3 Å². The number of anilines is 1. The molecule has 2 aromatic carbocycles. The molecule has 0 radical (unpaired) electrons. The van der Waals surface area contributed by atoms with E-state index in [1.54, 1.807) is 11.0 Å². The first kappa shape index (κ1) is 13.3. The molecule has 1 amide bonds. The zero-order valence-electron chi connectivity index (χ0n) is 11.0. The van der Waals surface area contributed by atoms with Crippen LogP contribution in [0.15, 0.2) is 40.9 Å². The van der Waals surface area contributed by atoms with E-state index >= 15 is 0 Å². The van der Waals surface area contributed by atoms with Crippen LogP contribution in [0.3, 0.4) is 0 Å². The van der Waals surface area contributed by atoms with Gasteiger partial charge in [0.15, 0.2) is 0 Å². The minimum atomic E-state index is -0.350. The Bertz CT molecular complexity index is 699. The van der Waals surface area contributed by atoms with E-state index in [0.717, 1.165) is 17.5 Å². The van der Waals surface area contributed by atoms with Crippen molar-refractivity contribution in [2.24, 2.45) is 0 Å². The van der Waals surface area contributed by atoms with Gasteiger partial charge in [-0.1, -0.05) is 18.2 Å². The summed E-state index contributed by atoms with van der Waals surface area (Å²) in [5.41, 5.74) is 3.29. The lowest BCUT2D eigenvalue weighted by Crippen LogP contribution is -2.38. The standard InChI is InChI=1S/C16H13BrFNO/c1-10-8-13(17)14(18)9-15(10)19-7-6-11-4-2-3-5-12(11)16(19)20/h2-5,8-9H,6-7H2,1H3. The summed E-state index contributed by atoms with van der Waals surface area (Å²) in [6.07, 6.45) is 0.791. The van der Waals surface area contributed by atoms with Gasteiger partial charge in [0.05, 0.1) is 4.47 Å². The number of aryl methyl sites for hydroxylation is 1. The molecular formula is C16H13BrFNO. The van der Waals surface area contributed by atoms with Gasteiger partial charge >= 0.3 is 0 Å². The number of rotatable bonds is 1. The second kappa shape index (κ2) is 5.02. The van der Waals surface area contributed by atoms with Crippen LogP contribution in [-0.4, -0.2) is 12.5 Å². The molecule has 0 saturated heterocycles. The molecule has 0 aromatic heterocycles. The molecule has 0 unspecified atom stereocenters. The molecule has 102 valence electrons. The number of hydrogen-bond acceptors (Lipinski definition) is 1. The quantitative estimate of drug-likeness (QED) is 0.769. The van der Waals surface area contributed by atoms with Gasteiger partial charge in [0.2, 0.25) is 0 Å². The number of benzene rings is 2. The molecule has 3 rings (SSSR count). The highest BCUT2D eigenvalue weighted by molar-refractivity contribution is 9.10. The van der Waals surface area contributed by atoms with E-state index in [1.807, 2.05) is 31.2 Å². The largest absolute Gasteiger partial charge is 0.308 e. The lowest BCUT2D eigenvalue weighted by Gasteiger charge is -2.30. The number of halogens is 2. The number of fused-ring (bicyclic) bond motifs is 1. The van der Waals surface area contributed by atoms with Crippen molar-refractivity contribution < 1.29 is 9.18 Å². The highest BCUT2D eigenvalue weighted by Crippen LogP contribution is 2.30. The SMILES string of the molecule is Cc1cc(Br)c(F)cc1N1CCc2ccccc2C1=O. The molecule has 20 heavy (non-hydrogen) atoms. The number of nitrogens with zero attached hydrogens (tertiary/aromatic N) is 1. The molecule has 0 aliphatic carbocycles. The fourth-order valence-corrected chi connectivity index (χ4v) is 3.04. The van der Waals surface area contributed by atoms with E-state index in [4.69, 9.17) is 0 Å². The first-order valence-corrected chi connectivity index (χ1v) is 7.22. The van der Waals surface area contributed by atoms with Gasteiger partial charge in [0.1, 0.15) is 5.82 Å². The highest BCUT2D eigenvalue weighted by Gasteiger charge is 2.26. The Hall–Kier alpha value is -1.68. The van der Waals surface area contributed by atoms with Crippen molar-refractivity contribution >= 4 is 27.5 Å². The smallest absolute Gasteiger partial charge is 0.258 e. The van der Waals surface area contributed by atoms with Crippen molar-refractivity contribution in [2.75, 3.05) is 11.4 Å². The zero-order chi connectivity index (χ0) is 14.3. The fraction of sp³-hybridized carbons (Fsp3) is 0.188. The van der Waals surface area contributed by atoms with Gasteiger partial charge in [-0.2, -0.15) is 0 Å². The summed E-state index contributed by atoms with van der Waals surface area (Å²) in [5, 5.41) is 0. The molecule has 0 saturated carbocycles. The van der Waals surface area contributed by atoms with Crippen LogP contribution in [0.4, 0.5) is 10.1 Å².